The Morgan fingerprint density at radius 1 is 0.250 bits per heavy atom. The van der Waals surface area contributed by atoms with Gasteiger partial charge in [0.05, 0.1) is 33.1 Å². The average molecular weight is 845 g/mol. The van der Waals surface area contributed by atoms with E-state index in [0.717, 1.165) is 0 Å². The first-order chi connectivity index (χ1) is 31.7. The molecule has 6 heterocycles. The SMILES string of the molecule is c1ccc2c(c1)sc1c(-c3ccc4c(c3)c3cc(-c5cccc6c5sc5ccccc56)cc5c6cc(-c7ccc8c(c7)c7cccc9c%10ccccc%10n8c97)ccc6n4c53)cccc12. The minimum absolute atomic E-state index is 1.23. The van der Waals surface area contributed by atoms with Crippen molar-refractivity contribution >= 4 is 139 Å². The highest BCUT2D eigenvalue weighted by molar-refractivity contribution is 7.26. The minimum atomic E-state index is 1.23. The maximum atomic E-state index is 2.54. The number of hydrogen-bond acceptors (Lipinski definition) is 2. The molecule has 64 heavy (non-hydrogen) atoms. The van der Waals surface area contributed by atoms with Crippen molar-refractivity contribution in [2.75, 3.05) is 0 Å². The van der Waals surface area contributed by atoms with Gasteiger partial charge in [0.1, 0.15) is 0 Å². The van der Waals surface area contributed by atoms with Crippen molar-refractivity contribution in [3.8, 4) is 33.4 Å². The zero-order valence-corrected chi connectivity index (χ0v) is 35.8. The second-order valence-electron chi connectivity index (χ2n) is 17.6. The normalized spacial score (nSPS) is 12.7. The van der Waals surface area contributed by atoms with E-state index in [9.17, 15) is 0 Å². The first kappa shape index (κ1) is 33.8. The lowest BCUT2D eigenvalue weighted by Crippen LogP contribution is -1.84. The van der Waals surface area contributed by atoms with Gasteiger partial charge in [0.15, 0.2) is 0 Å². The Kier molecular flexibility index (Phi) is 6.35. The summed E-state index contributed by atoms with van der Waals surface area (Å²) < 4.78 is 10.4. The van der Waals surface area contributed by atoms with Gasteiger partial charge in [0, 0.05) is 83.4 Å². The molecule has 16 rings (SSSR count). The van der Waals surface area contributed by atoms with Crippen LogP contribution in [0.5, 0.6) is 0 Å². The van der Waals surface area contributed by atoms with Gasteiger partial charge in [0.2, 0.25) is 0 Å². The van der Waals surface area contributed by atoms with Gasteiger partial charge in [-0.3, -0.25) is 0 Å². The largest absolute Gasteiger partial charge is 0.308 e. The van der Waals surface area contributed by atoms with Crippen molar-refractivity contribution in [3.63, 3.8) is 0 Å². The molecule has 16 aromatic rings. The molecule has 0 unspecified atom stereocenters. The lowest BCUT2D eigenvalue weighted by molar-refractivity contribution is 1.37. The molecule has 0 aliphatic carbocycles. The highest BCUT2D eigenvalue weighted by Crippen LogP contribution is 2.48. The molecule has 0 radical (unpaired) electrons. The van der Waals surface area contributed by atoms with Crippen LogP contribution in [0, 0.1) is 0 Å². The van der Waals surface area contributed by atoms with Crippen LogP contribution in [0.2, 0.25) is 0 Å². The maximum Gasteiger partial charge on any atom is 0.0620 e. The fraction of sp³-hybridized carbons (Fsp3) is 0. The van der Waals surface area contributed by atoms with Crippen LogP contribution >= 0.6 is 22.7 Å². The summed E-state index contributed by atoms with van der Waals surface area (Å²) in [5, 5.41) is 15.7. The van der Waals surface area contributed by atoms with Crippen molar-refractivity contribution in [2.24, 2.45) is 0 Å². The van der Waals surface area contributed by atoms with Crippen LogP contribution in [0.3, 0.4) is 0 Å². The third-order valence-electron chi connectivity index (χ3n) is 14.4. The molecule has 0 bridgehead atoms. The van der Waals surface area contributed by atoms with Gasteiger partial charge >= 0.3 is 0 Å². The Morgan fingerprint density at radius 3 is 1.25 bits per heavy atom. The summed E-state index contributed by atoms with van der Waals surface area (Å²) in [7, 11) is 0. The summed E-state index contributed by atoms with van der Waals surface area (Å²) in [6, 6.07) is 73.3. The maximum absolute atomic E-state index is 2.54. The molecule has 0 atom stereocenters. The van der Waals surface area contributed by atoms with E-state index in [1.165, 1.54) is 150 Å². The molecule has 4 heteroatoms. The summed E-state index contributed by atoms with van der Waals surface area (Å²) >= 11 is 3.81. The summed E-state index contributed by atoms with van der Waals surface area (Å²) in [5.41, 5.74) is 15.2. The summed E-state index contributed by atoms with van der Waals surface area (Å²) in [6.07, 6.45) is 0. The summed E-state index contributed by atoms with van der Waals surface area (Å²) in [6.45, 7) is 0. The lowest BCUT2D eigenvalue weighted by atomic mass is 9.95. The molecule has 0 saturated carbocycles. The highest BCUT2D eigenvalue weighted by Gasteiger charge is 2.23. The standard InChI is InChI=1S/C60H32N2S2/c1-4-19-51-39(10-1)42-15-9-16-43-46-28-33(22-25-52(46)61(51)57(42)43)34-23-26-53-47(29-34)49-31-36(38-14-8-18-45-41-12-3-6-21-56(41)64-60(38)45)32-50-48-30-35(24-27-54(48)62(53)58(49)50)37-13-7-17-44-40-11-2-5-20-55(40)63-59(37)44/h1-32H. The van der Waals surface area contributed by atoms with E-state index in [-0.39, 0.29) is 0 Å². The van der Waals surface area contributed by atoms with Crippen LogP contribution in [0.25, 0.3) is 150 Å². The predicted molar refractivity (Wildman–Crippen MR) is 278 cm³/mol. The number of fused-ring (bicyclic) bond motifs is 18. The van der Waals surface area contributed by atoms with Crippen LogP contribution in [-0.4, -0.2) is 8.80 Å². The molecule has 0 N–H and O–H groups in total. The number of aromatic nitrogens is 2. The third kappa shape index (κ3) is 4.25. The molecule has 10 aromatic carbocycles. The van der Waals surface area contributed by atoms with E-state index < -0.39 is 0 Å². The Bertz CT molecular complexity index is 4670. The molecule has 0 aliphatic rings. The van der Waals surface area contributed by atoms with Gasteiger partial charge in [-0.2, -0.15) is 0 Å². The first-order valence-electron chi connectivity index (χ1n) is 22.0. The van der Waals surface area contributed by atoms with Crippen LogP contribution in [0.4, 0.5) is 0 Å². The van der Waals surface area contributed by atoms with Crippen molar-refractivity contribution in [1.29, 1.82) is 0 Å². The zero-order valence-electron chi connectivity index (χ0n) is 34.2. The van der Waals surface area contributed by atoms with Crippen molar-refractivity contribution < 1.29 is 0 Å². The number of para-hydroxylation sites is 2. The summed E-state index contributed by atoms with van der Waals surface area (Å²) in [5.74, 6) is 0. The highest BCUT2D eigenvalue weighted by atomic mass is 32.1. The number of thiophene rings is 2. The monoisotopic (exact) mass is 844 g/mol. The molecule has 0 saturated heterocycles. The number of nitrogens with zero attached hydrogens (tertiary/aromatic N) is 2. The number of hydrogen-bond donors (Lipinski definition) is 0. The van der Waals surface area contributed by atoms with Gasteiger partial charge < -0.3 is 8.80 Å². The van der Waals surface area contributed by atoms with E-state index in [2.05, 4.69) is 203 Å². The fourth-order valence-electron chi connectivity index (χ4n) is 11.6. The molecule has 0 fully saturated rings. The van der Waals surface area contributed by atoms with E-state index >= 15 is 0 Å². The second kappa shape index (κ2) is 12.0. The van der Waals surface area contributed by atoms with Crippen LogP contribution < -0.4 is 0 Å². The molecule has 0 spiro atoms. The molecule has 0 amide bonds. The van der Waals surface area contributed by atoms with E-state index in [1.807, 2.05) is 22.7 Å². The molecule has 6 aromatic heterocycles. The molecular weight excluding hydrogens is 813 g/mol. The third-order valence-corrected chi connectivity index (χ3v) is 16.8. The molecular formula is C60H32N2S2. The molecule has 294 valence electrons. The fourth-order valence-corrected chi connectivity index (χ4v) is 14.1. The Balaban J connectivity index is 0.960. The summed E-state index contributed by atoms with van der Waals surface area (Å²) in [4.78, 5) is 0. The molecule has 2 nitrogen and oxygen atoms in total. The number of benzene rings is 10. The topological polar surface area (TPSA) is 8.82 Å². The number of rotatable bonds is 3. The van der Waals surface area contributed by atoms with Crippen molar-refractivity contribution in [3.05, 3.63) is 194 Å². The quantitative estimate of drug-likeness (QED) is 0.168. The van der Waals surface area contributed by atoms with E-state index in [0.29, 0.717) is 0 Å². The Morgan fingerprint density at radius 2 is 0.641 bits per heavy atom. The van der Waals surface area contributed by atoms with Gasteiger partial charge in [0.25, 0.3) is 0 Å². The van der Waals surface area contributed by atoms with Gasteiger partial charge in [-0.25, -0.2) is 0 Å². The van der Waals surface area contributed by atoms with Crippen molar-refractivity contribution in [2.45, 2.75) is 0 Å². The minimum Gasteiger partial charge on any atom is -0.308 e. The smallest absolute Gasteiger partial charge is 0.0620 e. The van der Waals surface area contributed by atoms with Crippen LogP contribution in [0.1, 0.15) is 0 Å². The molecule has 0 aliphatic heterocycles. The Hall–Kier alpha value is -7.76. The second-order valence-corrected chi connectivity index (χ2v) is 19.7. The van der Waals surface area contributed by atoms with E-state index in [1.54, 1.807) is 0 Å². The van der Waals surface area contributed by atoms with Crippen LogP contribution in [0.15, 0.2) is 194 Å². The first-order valence-corrected chi connectivity index (χ1v) is 23.6. The lowest BCUT2D eigenvalue weighted by Gasteiger charge is -2.08. The van der Waals surface area contributed by atoms with Crippen LogP contribution in [-0.2, 0) is 0 Å². The van der Waals surface area contributed by atoms with Gasteiger partial charge in [-0.05, 0) is 100 Å². The zero-order chi connectivity index (χ0) is 41.4. The van der Waals surface area contributed by atoms with Crippen molar-refractivity contribution in [1.82, 2.24) is 8.80 Å². The predicted octanol–water partition coefficient (Wildman–Crippen LogP) is 17.7. The Labute approximate surface area is 373 Å². The van der Waals surface area contributed by atoms with Gasteiger partial charge in [-0.1, -0.05) is 127 Å². The van der Waals surface area contributed by atoms with E-state index in [4.69, 9.17) is 0 Å². The average Bonchev–Trinajstić information content (AvgIpc) is 4.20. The van der Waals surface area contributed by atoms with Gasteiger partial charge in [-0.15, -0.1) is 22.7 Å².